The van der Waals surface area contributed by atoms with Gasteiger partial charge in [0.25, 0.3) is 0 Å². The van der Waals surface area contributed by atoms with Crippen LogP contribution in [0.15, 0.2) is 42.6 Å². The molecule has 2 aromatic rings. The first-order valence-electron chi connectivity index (χ1n) is 5.90. The average Bonchev–Trinajstić information content (AvgIpc) is 2.43. The molecule has 100 valence electrons. The highest BCUT2D eigenvalue weighted by atomic mass is 19.1. The van der Waals surface area contributed by atoms with E-state index in [0.717, 1.165) is 17.8 Å². The molecule has 0 radical (unpaired) electrons. The van der Waals surface area contributed by atoms with Crippen molar-refractivity contribution in [1.29, 1.82) is 0 Å². The zero-order chi connectivity index (χ0) is 13.9. The number of pyridine rings is 1. The number of hydrogen-bond donors (Lipinski definition) is 2. The number of halogens is 2. The Balaban J connectivity index is 2.33. The molecule has 3 nitrogen and oxygen atoms in total. The Morgan fingerprint density at radius 1 is 1.26 bits per heavy atom. The van der Waals surface area contributed by atoms with Gasteiger partial charge in [0.2, 0.25) is 0 Å². The van der Waals surface area contributed by atoms with E-state index in [4.69, 9.17) is 5.73 Å². The fourth-order valence-corrected chi connectivity index (χ4v) is 1.81. The lowest BCUT2D eigenvalue weighted by Gasteiger charge is -2.30. The molecule has 0 aliphatic heterocycles. The van der Waals surface area contributed by atoms with E-state index in [1.165, 1.54) is 0 Å². The van der Waals surface area contributed by atoms with Crippen molar-refractivity contribution in [3.05, 3.63) is 59.8 Å². The number of nitrogens with one attached hydrogen (secondary N) is 1. The maximum Gasteiger partial charge on any atom is 0.168 e. The van der Waals surface area contributed by atoms with Crippen LogP contribution in [0.1, 0.15) is 12.5 Å². The predicted molar refractivity (Wildman–Crippen MR) is 70.6 cm³/mol. The highest BCUT2D eigenvalue weighted by Crippen LogP contribution is 2.25. The Labute approximate surface area is 110 Å². The Kier molecular flexibility index (Phi) is 3.76. The van der Waals surface area contributed by atoms with Crippen molar-refractivity contribution in [1.82, 2.24) is 4.98 Å². The normalized spacial score (nSPS) is 13.9. The standard InChI is InChI=1S/C14H15F2N3/c1-14(9-17,10-5-3-2-4-6-10)19-13-12(16)7-11(15)8-18-13/h2-8H,9,17H2,1H3,(H,18,19). The van der Waals surface area contributed by atoms with E-state index in [-0.39, 0.29) is 12.4 Å². The van der Waals surface area contributed by atoms with Gasteiger partial charge >= 0.3 is 0 Å². The highest BCUT2D eigenvalue weighted by molar-refractivity contribution is 5.43. The molecule has 0 spiro atoms. The Bertz CT molecular complexity index is 560. The van der Waals surface area contributed by atoms with Crippen LogP contribution in [-0.4, -0.2) is 11.5 Å². The van der Waals surface area contributed by atoms with Gasteiger partial charge in [-0.25, -0.2) is 13.8 Å². The second-order valence-corrected chi connectivity index (χ2v) is 4.51. The molecule has 0 saturated heterocycles. The minimum atomic E-state index is -0.740. The second kappa shape index (κ2) is 5.32. The molecular formula is C14H15F2N3. The van der Waals surface area contributed by atoms with Crippen molar-refractivity contribution >= 4 is 5.82 Å². The fourth-order valence-electron chi connectivity index (χ4n) is 1.81. The summed E-state index contributed by atoms with van der Waals surface area (Å²) in [6.07, 6.45) is 0.966. The van der Waals surface area contributed by atoms with Gasteiger partial charge in [0.1, 0.15) is 5.82 Å². The monoisotopic (exact) mass is 263 g/mol. The number of nitrogens with two attached hydrogens (primary N) is 1. The summed E-state index contributed by atoms with van der Waals surface area (Å²) in [5.74, 6) is -1.47. The maximum absolute atomic E-state index is 13.6. The summed E-state index contributed by atoms with van der Waals surface area (Å²) < 4.78 is 26.5. The lowest BCUT2D eigenvalue weighted by atomic mass is 9.92. The fraction of sp³-hybridized carbons (Fsp3) is 0.214. The molecule has 3 N–H and O–H groups in total. The van der Waals surface area contributed by atoms with Crippen molar-refractivity contribution < 1.29 is 8.78 Å². The minimum Gasteiger partial charge on any atom is -0.357 e. The number of hydrogen-bond acceptors (Lipinski definition) is 3. The number of aromatic nitrogens is 1. The molecule has 1 aromatic carbocycles. The first kappa shape index (κ1) is 13.4. The third kappa shape index (κ3) is 2.88. The Hall–Kier alpha value is -2.01. The summed E-state index contributed by atoms with van der Waals surface area (Å²) in [5.41, 5.74) is 6.01. The van der Waals surface area contributed by atoms with E-state index in [0.29, 0.717) is 0 Å². The van der Waals surface area contributed by atoms with Crippen molar-refractivity contribution in [3.8, 4) is 0 Å². The van der Waals surface area contributed by atoms with Crippen molar-refractivity contribution in [2.45, 2.75) is 12.5 Å². The van der Waals surface area contributed by atoms with Gasteiger partial charge in [0.15, 0.2) is 11.6 Å². The van der Waals surface area contributed by atoms with Gasteiger partial charge in [0, 0.05) is 12.6 Å². The molecule has 0 fully saturated rings. The van der Waals surface area contributed by atoms with Crippen LogP contribution >= 0.6 is 0 Å². The van der Waals surface area contributed by atoms with E-state index in [1.54, 1.807) is 0 Å². The van der Waals surface area contributed by atoms with Crippen LogP contribution in [0.4, 0.5) is 14.6 Å². The third-order valence-corrected chi connectivity index (χ3v) is 3.02. The van der Waals surface area contributed by atoms with Crippen LogP contribution in [-0.2, 0) is 5.54 Å². The largest absolute Gasteiger partial charge is 0.357 e. The van der Waals surface area contributed by atoms with Crippen LogP contribution in [0.5, 0.6) is 0 Å². The average molecular weight is 263 g/mol. The summed E-state index contributed by atoms with van der Waals surface area (Å²) in [7, 11) is 0. The lowest BCUT2D eigenvalue weighted by molar-refractivity contribution is 0.532. The quantitative estimate of drug-likeness (QED) is 0.891. The van der Waals surface area contributed by atoms with Gasteiger partial charge in [0.05, 0.1) is 11.7 Å². The molecule has 0 aliphatic carbocycles. The van der Waals surface area contributed by atoms with Crippen molar-refractivity contribution in [2.24, 2.45) is 5.73 Å². The summed E-state index contributed by atoms with van der Waals surface area (Å²) in [4.78, 5) is 3.72. The molecule has 1 atom stereocenters. The molecule has 5 heteroatoms. The van der Waals surface area contributed by atoms with E-state index < -0.39 is 17.2 Å². The van der Waals surface area contributed by atoms with Gasteiger partial charge in [-0.15, -0.1) is 0 Å². The topological polar surface area (TPSA) is 50.9 Å². The van der Waals surface area contributed by atoms with E-state index >= 15 is 0 Å². The van der Waals surface area contributed by atoms with Crippen molar-refractivity contribution in [2.75, 3.05) is 11.9 Å². The van der Waals surface area contributed by atoms with Gasteiger partial charge in [-0.1, -0.05) is 30.3 Å². The third-order valence-electron chi connectivity index (χ3n) is 3.02. The zero-order valence-corrected chi connectivity index (χ0v) is 10.5. The van der Waals surface area contributed by atoms with E-state index in [2.05, 4.69) is 10.3 Å². The Morgan fingerprint density at radius 2 is 1.95 bits per heavy atom. The van der Waals surface area contributed by atoms with Crippen molar-refractivity contribution in [3.63, 3.8) is 0 Å². The van der Waals surface area contributed by atoms with E-state index in [9.17, 15) is 8.78 Å². The Morgan fingerprint density at radius 3 is 2.53 bits per heavy atom. The molecule has 0 amide bonds. The number of rotatable bonds is 4. The highest BCUT2D eigenvalue weighted by Gasteiger charge is 2.26. The molecule has 0 aliphatic rings. The van der Waals surface area contributed by atoms with Gasteiger partial charge in [-0.3, -0.25) is 0 Å². The first-order chi connectivity index (χ1) is 9.05. The summed E-state index contributed by atoms with van der Waals surface area (Å²) >= 11 is 0. The number of benzene rings is 1. The molecule has 2 rings (SSSR count). The van der Waals surface area contributed by atoms with E-state index in [1.807, 2.05) is 37.3 Å². The van der Waals surface area contributed by atoms with Crippen LogP contribution in [0, 0.1) is 11.6 Å². The molecule has 1 aromatic heterocycles. The molecule has 1 heterocycles. The smallest absolute Gasteiger partial charge is 0.168 e. The number of anilines is 1. The summed E-state index contributed by atoms with van der Waals surface area (Å²) in [5, 5.41) is 2.94. The summed E-state index contributed by atoms with van der Waals surface area (Å²) in [6, 6.07) is 10.2. The zero-order valence-electron chi connectivity index (χ0n) is 10.5. The summed E-state index contributed by atoms with van der Waals surface area (Å²) in [6.45, 7) is 2.09. The molecule has 1 unspecified atom stereocenters. The van der Waals surface area contributed by atoms with Crippen LogP contribution in [0.25, 0.3) is 0 Å². The SMILES string of the molecule is CC(CN)(Nc1ncc(F)cc1F)c1ccccc1. The first-order valence-corrected chi connectivity index (χ1v) is 5.90. The maximum atomic E-state index is 13.6. The molecule has 19 heavy (non-hydrogen) atoms. The number of nitrogens with zero attached hydrogens (tertiary/aromatic N) is 1. The van der Waals surface area contributed by atoms with Gasteiger partial charge in [-0.2, -0.15) is 0 Å². The van der Waals surface area contributed by atoms with Gasteiger partial charge < -0.3 is 11.1 Å². The van der Waals surface area contributed by atoms with Crippen LogP contribution in [0.2, 0.25) is 0 Å². The van der Waals surface area contributed by atoms with Crippen LogP contribution < -0.4 is 11.1 Å². The lowest BCUT2D eigenvalue weighted by Crippen LogP contribution is -2.40. The second-order valence-electron chi connectivity index (χ2n) is 4.51. The molecular weight excluding hydrogens is 248 g/mol. The van der Waals surface area contributed by atoms with Crippen LogP contribution in [0.3, 0.4) is 0 Å². The predicted octanol–water partition coefficient (Wildman–Crippen LogP) is 2.65. The minimum absolute atomic E-state index is 0.0156. The molecule has 0 bridgehead atoms. The van der Waals surface area contributed by atoms with Gasteiger partial charge in [-0.05, 0) is 12.5 Å². The molecule has 0 saturated carbocycles.